The first-order chi connectivity index (χ1) is 9.71. The van der Waals surface area contributed by atoms with E-state index in [0.717, 1.165) is 7.11 Å². The molecule has 0 saturated heterocycles. The van der Waals surface area contributed by atoms with Crippen molar-refractivity contribution < 1.29 is 24.1 Å². The highest BCUT2D eigenvalue weighted by atomic mass is 16.7. The maximum atomic E-state index is 11.8. The molecule has 0 fully saturated rings. The van der Waals surface area contributed by atoms with Crippen molar-refractivity contribution in [1.82, 2.24) is 0 Å². The van der Waals surface area contributed by atoms with Crippen molar-refractivity contribution in [2.45, 2.75) is 26.4 Å². The highest BCUT2D eigenvalue weighted by molar-refractivity contribution is 6.00. The second-order valence-corrected chi connectivity index (χ2v) is 5.06. The number of esters is 1. The van der Waals surface area contributed by atoms with Gasteiger partial charge in [0.2, 0.25) is 6.41 Å². The Morgan fingerprint density at radius 2 is 2.00 bits per heavy atom. The van der Waals surface area contributed by atoms with Crippen molar-refractivity contribution in [3.8, 4) is 0 Å². The number of hydrogen-bond donors (Lipinski definition) is 0. The van der Waals surface area contributed by atoms with Crippen molar-refractivity contribution >= 4 is 23.8 Å². The van der Waals surface area contributed by atoms with Gasteiger partial charge in [-0.05, 0) is 26.8 Å². The van der Waals surface area contributed by atoms with E-state index in [1.165, 1.54) is 18.2 Å². The number of rotatable bonds is 5. The van der Waals surface area contributed by atoms with E-state index < -0.39 is 22.2 Å². The second kappa shape index (κ2) is 6.31. The van der Waals surface area contributed by atoms with E-state index in [4.69, 9.17) is 4.84 Å². The van der Waals surface area contributed by atoms with Crippen LogP contribution in [-0.2, 0) is 14.4 Å². The molecule has 1 amide bonds. The number of hydrogen-bond acceptors (Lipinski definition) is 6. The molecular formula is C13H16N2O6. The quantitative estimate of drug-likeness (QED) is 0.357. The number of amides is 1. The summed E-state index contributed by atoms with van der Waals surface area (Å²) in [6.45, 7) is 4.99. The van der Waals surface area contributed by atoms with Gasteiger partial charge in [0.1, 0.15) is 0 Å². The SMILES string of the molecule is COC(=O)c1cccc([N+](=O)[O-])c1N(C=O)OC(C)(C)C. The van der Waals surface area contributed by atoms with E-state index in [2.05, 4.69) is 4.74 Å². The molecule has 0 saturated carbocycles. The van der Waals surface area contributed by atoms with Crippen LogP contribution in [0.3, 0.4) is 0 Å². The van der Waals surface area contributed by atoms with Crippen LogP contribution in [0.15, 0.2) is 18.2 Å². The van der Waals surface area contributed by atoms with Gasteiger partial charge in [-0.3, -0.25) is 19.7 Å². The largest absolute Gasteiger partial charge is 0.465 e. The summed E-state index contributed by atoms with van der Waals surface area (Å²) >= 11 is 0. The number of benzene rings is 1. The molecule has 21 heavy (non-hydrogen) atoms. The van der Waals surface area contributed by atoms with Gasteiger partial charge in [0, 0.05) is 6.07 Å². The minimum absolute atomic E-state index is 0.136. The van der Waals surface area contributed by atoms with Crippen LogP contribution in [-0.4, -0.2) is 30.0 Å². The Hall–Kier alpha value is -2.48. The first-order valence-corrected chi connectivity index (χ1v) is 6.00. The third-order valence-electron chi connectivity index (χ3n) is 2.31. The fourth-order valence-electron chi connectivity index (χ4n) is 1.60. The average Bonchev–Trinajstić information content (AvgIpc) is 2.42. The van der Waals surface area contributed by atoms with Gasteiger partial charge < -0.3 is 4.74 Å². The number of para-hydroxylation sites is 1. The molecule has 8 heteroatoms. The van der Waals surface area contributed by atoms with E-state index in [1.54, 1.807) is 20.8 Å². The summed E-state index contributed by atoms with van der Waals surface area (Å²) in [5.41, 5.74) is -1.63. The van der Waals surface area contributed by atoms with Gasteiger partial charge in [-0.25, -0.2) is 4.79 Å². The lowest BCUT2D eigenvalue weighted by atomic mass is 10.1. The summed E-state index contributed by atoms with van der Waals surface area (Å²) in [5, 5.41) is 11.8. The maximum Gasteiger partial charge on any atom is 0.340 e. The number of anilines is 1. The summed E-state index contributed by atoms with van der Waals surface area (Å²) in [6, 6.07) is 3.81. The molecule has 0 aliphatic rings. The van der Waals surface area contributed by atoms with Gasteiger partial charge in [0.05, 0.1) is 23.2 Å². The van der Waals surface area contributed by atoms with Gasteiger partial charge in [-0.2, -0.15) is 5.06 Å². The standard InChI is InChI=1S/C13H16N2O6/c1-13(2,3)21-14(8-16)11-9(12(17)20-4)6-5-7-10(11)15(18)19/h5-8H,1-4H3. The Labute approximate surface area is 121 Å². The topological polar surface area (TPSA) is 99.0 Å². The van der Waals surface area contributed by atoms with Crippen molar-refractivity contribution in [3.63, 3.8) is 0 Å². The first-order valence-electron chi connectivity index (χ1n) is 6.00. The number of ether oxygens (including phenoxy) is 1. The summed E-state index contributed by atoms with van der Waals surface area (Å²) < 4.78 is 4.58. The molecular weight excluding hydrogens is 280 g/mol. The van der Waals surface area contributed by atoms with Crippen molar-refractivity contribution in [2.75, 3.05) is 12.2 Å². The van der Waals surface area contributed by atoms with Crippen LogP contribution in [0, 0.1) is 10.1 Å². The Morgan fingerprint density at radius 1 is 1.38 bits per heavy atom. The second-order valence-electron chi connectivity index (χ2n) is 5.06. The maximum absolute atomic E-state index is 11.8. The van der Waals surface area contributed by atoms with E-state index in [-0.39, 0.29) is 17.7 Å². The minimum Gasteiger partial charge on any atom is -0.465 e. The molecule has 8 nitrogen and oxygen atoms in total. The van der Waals surface area contributed by atoms with E-state index in [9.17, 15) is 19.7 Å². The smallest absolute Gasteiger partial charge is 0.340 e. The molecule has 0 aliphatic heterocycles. The molecule has 1 rings (SSSR count). The lowest BCUT2D eigenvalue weighted by Crippen LogP contribution is -2.34. The number of nitrogens with zero attached hydrogens (tertiary/aromatic N) is 2. The van der Waals surface area contributed by atoms with E-state index in [1.807, 2.05) is 0 Å². The Kier molecular flexibility index (Phi) is 4.98. The van der Waals surface area contributed by atoms with E-state index >= 15 is 0 Å². The molecule has 0 unspecified atom stereocenters. The zero-order chi connectivity index (χ0) is 16.2. The van der Waals surface area contributed by atoms with Gasteiger partial charge in [-0.1, -0.05) is 6.07 Å². The number of carbonyl (C=O) groups is 2. The predicted molar refractivity (Wildman–Crippen MR) is 73.8 cm³/mol. The lowest BCUT2D eigenvalue weighted by Gasteiger charge is -2.27. The molecule has 0 spiro atoms. The third-order valence-corrected chi connectivity index (χ3v) is 2.31. The van der Waals surface area contributed by atoms with Crippen molar-refractivity contribution in [1.29, 1.82) is 0 Å². The van der Waals surface area contributed by atoms with Gasteiger partial charge >= 0.3 is 5.97 Å². The minimum atomic E-state index is -0.807. The predicted octanol–water partition coefficient (Wildman–Crippen LogP) is 2.07. The highest BCUT2D eigenvalue weighted by Crippen LogP contribution is 2.33. The molecule has 0 radical (unpaired) electrons. The number of nitro groups is 1. The number of methoxy groups -OCH3 is 1. The Morgan fingerprint density at radius 3 is 2.43 bits per heavy atom. The monoisotopic (exact) mass is 296 g/mol. The van der Waals surface area contributed by atoms with Crippen LogP contribution in [0.1, 0.15) is 31.1 Å². The van der Waals surface area contributed by atoms with Gasteiger partial charge in [-0.15, -0.1) is 0 Å². The normalized spacial score (nSPS) is 10.9. The molecule has 0 aliphatic carbocycles. The highest BCUT2D eigenvalue weighted by Gasteiger charge is 2.30. The fraction of sp³-hybridized carbons (Fsp3) is 0.385. The summed E-state index contributed by atoms with van der Waals surface area (Å²) in [6.07, 6.45) is 0.264. The third kappa shape index (κ3) is 3.99. The fourth-order valence-corrected chi connectivity index (χ4v) is 1.60. The van der Waals surface area contributed by atoms with Crippen LogP contribution in [0.2, 0.25) is 0 Å². The van der Waals surface area contributed by atoms with Crippen LogP contribution in [0.25, 0.3) is 0 Å². The number of carbonyl (C=O) groups excluding carboxylic acids is 2. The molecule has 1 aromatic carbocycles. The number of hydroxylamine groups is 1. The molecule has 0 bridgehead atoms. The molecule has 1 aromatic rings. The van der Waals surface area contributed by atoms with Gasteiger partial charge in [0.15, 0.2) is 5.69 Å². The van der Waals surface area contributed by atoms with E-state index in [0.29, 0.717) is 5.06 Å². The van der Waals surface area contributed by atoms with Crippen LogP contribution >= 0.6 is 0 Å². The lowest BCUT2D eigenvalue weighted by molar-refractivity contribution is -0.384. The first kappa shape index (κ1) is 16.6. The molecule has 0 atom stereocenters. The number of nitro benzene ring substituents is 1. The summed E-state index contributed by atoms with van der Waals surface area (Å²) in [4.78, 5) is 38.8. The van der Waals surface area contributed by atoms with Crippen LogP contribution in [0.4, 0.5) is 11.4 Å². The Bertz CT molecular complexity index is 564. The molecule has 0 N–H and O–H groups in total. The molecule has 0 aromatic heterocycles. The molecule has 0 heterocycles. The summed E-state index contributed by atoms with van der Waals surface area (Å²) in [7, 11) is 1.14. The van der Waals surface area contributed by atoms with Crippen molar-refractivity contribution in [2.24, 2.45) is 0 Å². The Balaban J connectivity index is 3.50. The van der Waals surface area contributed by atoms with Crippen molar-refractivity contribution in [3.05, 3.63) is 33.9 Å². The average molecular weight is 296 g/mol. The summed E-state index contributed by atoms with van der Waals surface area (Å²) in [5.74, 6) is -0.807. The van der Waals surface area contributed by atoms with Gasteiger partial charge in [0.25, 0.3) is 5.69 Å². The van der Waals surface area contributed by atoms with Crippen LogP contribution < -0.4 is 5.06 Å². The van der Waals surface area contributed by atoms with Crippen LogP contribution in [0.5, 0.6) is 0 Å². The zero-order valence-corrected chi connectivity index (χ0v) is 12.2. The zero-order valence-electron chi connectivity index (χ0n) is 12.2. The molecule has 114 valence electrons.